The maximum atomic E-state index is 13.5. The van der Waals surface area contributed by atoms with Crippen molar-refractivity contribution in [2.75, 3.05) is 13.7 Å². The Kier molecular flexibility index (Phi) is 14.7. The predicted octanol–water partition coefficient (Wildman–Crippen LogP) is 7.00. The zero-order valence-electron chi connectivity index (χ0n) is 34.5. The maximum absolute atomic E-state index is 13.5. The van der Waals surface area contributed by atoms with Crippen LogP contribution in [0.2, 0.25) is 0 Å². The lowest BCUT2D eigenvalue weighted by atomic mass is 9.95. The van der Waals surface area contributed by atoms with E-state index < -0.39 is 78.7 Å². The van der Waals surface area contributed by atoms with E-state index in [0.29, 0.717) is 5.75 Å². The van der Waals surface area contributed by atoms with Gasteiger partial charge in [0.2, 0.25) is 6.29 Å². The molecule has 0 amide bonds. The van der Waals surface area contributed by atoms with Crippen LogP contribution in [-0.4, -0.2) is 87.0 Å². The Morgan fingerprint density at radius 2 is 1.23 bits per heavy atom. The normalized spacial score (nSPS) is 27.1. The standard InChI is InChI=1S/C46H51N3O12/c1-46(2,3)45(51)60-41-38(56-26-31-18-12-7-13-19-31)39(40-42(50)61-44(41)59-40)58-43-35(48-49-47)37(55-25-30-16-10-6-11-17-30)36(54-27-32-20-22-33(52-4)23-21-32)34(57-43)28-53-24-29-14-8-5-9-15-29/h5-23,34-41,43-44H,24-28H2,1-4H3/t34-,35-,36-,37-,38+,39-,40-,41-,43-,44-/m1/s1. The number of carbonyl (C=O) groups excluding carboxylic acids is 2. The van der Waals surface area contributed by atoms with Crippen LogP contribution in [0, 0.1) is 5.41 Å². The van der Waals surface area contributed by atoms with Gasteiger partial charge in [0.25, 0.3) is 0 Å². The van der Waals surface area contributed by atoms with E-state index in [0.717, 1.165) is 22.3 Å². The van der Waals surface area contributed by atoms with Crippen molar-refractivity contribution in [2.45, 2.75) is 109 Å². The van der Waals surface area contributed by atoms with Crippen LogP contribution in [0.4, 0.5) is 0 Å². The number of methoxy groups -OCH3 is 1. The molecule has 15 heteroatoms. The lowest BCUT2D eigenvalue weighted by Crippen LogP contribution is -2.64. The van der Waals surface area contributed by atoms with Crippen molar-refractivity contribution in [3.05, 3.63) is 148 Å². The van der Waals surface area contributed by atoms with E-state index in [9.17, 15) is 15.1 Å². The molecule has 10 atom stereocenters. The second-order valence-electron chi connectivity index (χ2n) is 16.0. The number of ether oxygens (including phenoxy) is 10. The van der Waals surface area contributed by atoms with Gasteiger partial charge in [0.15, 0.2) is 18.5 Å². The molecule has 0 N–H and O–H groups in total. The first-order valence-corrected chi connectivity index (χ1v) is 20.2. The minimum Gasteiger partial charge on any atom is -0.497 e. The number of esters is 2. The lowest BCUT2D eigenvalue weighted by Gasteiger charge is -2.47. The van der Waals surface area contributed by atoms with E-state index in [2.05, 4.69) is 10.0 Å². The summed E-state index contributed by atoms with van der Waals surface area (Å²) in [4.78, 5) is 30.1. The van der Waals surface area contributed by atoms with Gasteiger partial charge < -0.3 is 47.4 Å². The molecule has 0 unspecified atom stereocenters. The molecule has 3 fully saturated rings. The molecule has 15 nitrogen and oxygen atoms in total. The fourth-order valence-corrected chi connectivity index (χ4v) is 7.22. The number of hydrogen-bond donors (Lipinski definition) is 0. The lowest BCUT2D eigenvalue weighted by molar-refractivity contribution is -0.329. The van der Waals surface area contributed by atoms with Gasteiger partial charge in [-0.2, -0.15) is 0 Å². The van der Waals surface area contributed by atoms with Gasteiger partial charge in [-0.3, -0.25) is 4.79 Å². The van der Waals surface area contributed by atoms with Crippen LogP contribution in [0.25, 0.3) is 10.4 Å². The summed E-state index contributed by atoms with van der Waals surface area (Å²) in [6.07, 6.45) is -10.3. The van der Waals surface area contributed by atoms with Crippen LogP contribution >= 0.6 is 0 Å². The van der Waals surface area contributed by atoms with Crippen molar-refractivity contribution in [2.24, 2.45) is 10.5 Å². The Morgan fingerprint density at radius 3 is 1.79 bits per heavy atom. The molecule has 3 saturated heterocycles. The minimum absolute atomic E-state index is 0.00465. The third kappa shape index (κ3) is 11.1. The van der Waals surface area contributed by atoms with Gasteiger partial charge in [-0.1, -0.05) is 108 Å². The smallest absolute Gasteiger partial charge is 0.340 e. The van der Waals surface area contributed by atoms with Crippen LogP contribution in [0.15, 0.2) is 120 Å². The zero-order chi connectivity index (χ0) is 42.8. The van der Waals surface area contributed by atoms with Crippen LogP contribution in [0.3, 0.4) is 0 Å². The van der Waals surface area contributed by atoms with E-state index in [1.165, 1.54) is 0 Å². The van der Waals surface area contributed by atoms with Crippen molar-refractivity contribution in [3.8, 4) is 5.75 Å². The minimum atomic E-state index is -1.39. The SMILES string of the molecule is COc1ccc(CO[C@H]2[C@H](OCc3ccccc3)[C@@H](N=[N+]=[N-])[C@@H](O[C@@H]3[C@H](OCc4ccccc4)[C@@H](OC(=O)C(C)(C)C)[C@H]4OC(=O)[C@@H]3O4)O[C@@H]2COCc2ccccc2)cc1. The van der Waals surface area contributed by atoms with Crippen LogP contribution in [0.5, 0.6) is 5.75 Å². The first-order valence-electron chi connectivity index (χ1n) is 20.2. The monoisotopic (exact) mass is 837 g/mol. The molecule has 0 saturated carbocycles. The number of azide groups is 1. The van der Waals surface area contributed by atoms with Crippen molar-refractivity contribution in [3.63, 3.8) is 0 Å². The highest BCUT2D eigenvalue weighted by atomic mass is 16.8. The molecule has 3 heterocycles. The number of carbonyl (C=O) groups is 2. The molecule has 4 aromatic rings. The number of hydrogen-bond acceptors (Lipinski definition) is 13. The van der Waals surface area contributed by atoms with Crippen LogP contribution in [-0.2, 0) is 78.6 Å². The molecule has 0 aliphatic carbocycles. The summed E-state index contributed by atoms with van der Waals surface area (Å²) in [7, 11) is 1.59. The second-order valence-corrected chi connectivity index (χ2v) is 16.0. The number of fused-ring (bicyclic) bond motifs is 2. The van der Waals surface area contributed by atoms with E-state index in [4.69, 9.17) is 47.4 Å². The molecule has 7 rings (SSSR count). The molecular formula is C46H51N3O12. The summed E-state index contributed by atoms with van der Waals surface area (Å²) in [5.74, 6) is -0.624. The summed E-state index contributed by atoms with van der Waals surface area (Å²) in [5, 5.41) is 4.20. The van der Waals surface area contributed by atoms with E-state index in [-0.39, 0.29) is 33.0 Å². The van der Waals surface area contributed by atoms with Gasteiger partial charge in [-0.15, -0.1) is 0 Å². The number of benzene rings is 4. The average Bonchev–Trinajstić information content (AvgIpc) is 3.62. The van der Waals surface area contributed by atoms with Gasteiger partial charge in [0.05, 0.1) is 45.6 Å². The highest BCUT2D eigenvalue weighted by molar-refractivity contribution is 5.78. The van der Waals surface area contributed by atoms with Gasteiger partial charge in [0.1, 0.15) is 42.3 Å². The third-order valence-electron chi connectivity index (χ3n) is 10.5. The summed E-state index contributed by atoms with van der Waals surface area (Å²) in [6, 6.07) is 34.8. The van der Waals surface area contributed by atoms with Gasteiger partial charge in [0, 0.05) is 4.91 Å². The molecule has 61 heavy (non-hydrogen) atoms. The van der Waals surface area contributed by atoms with Crippen molar-refractivity contribution in [1.82, 2.24) is 0 Å². The Morgan fingerprint density at radius 1 is 0.689 bits per heavy atom. The van der Waals surface area contributed by atoms with E-state index >= 15 is 0 Å². The first-order chi connectivity index (χ1) is 29.6. The Balaban J connectivity index is 1.24. The molecule has 0 radical (unpaired) electrons. The molecule has 322 valence electrons. The molecule has 2 bridgehead atoms. The predicted molar refractivity (Wildman–Crippen MR) is 218 cm³/mol. The summed E-state index contributed by atoms with van der Waals surface area (Å²) < 4.78 is 62.6. The molecule has 0 spiro atoms. The quantitative estimate of drug-likeness (QED) is 0.0435. The molecule has 0 aromatic heterocycles. The number of nitrogens with zero attached hydrogens (tertiary/aromatic N) is 3. The highest BCUT2D eigenvalue weighted by Gasteiger charge is 2.61. The van der Waals surface area contributed by atoms with Crippen molar-refractivity contribution in [1.29, 1.82) is 0 Å². The molecular weight excluding hydrogens is 787 g/mol. The van der Waals surface area contributed by atoms with Gasteiger partial charge >= 0.3 is 11.9 Å². The fourth-order valence-electron chi connectivity index (χ4n) is 7.22. The zero-order valence-corrected chi connectivity index (χ0v) is 34.5. The van der Waals surface area contributed by atoms with Crippen molar-refractivity contribution < 1.29 is 57.0 Å². The topological polar surface area (TPSA) is 175 Å². The molecule has 3 aliphatic heterocycles. The van der Waals surface area contributed by atoms with E-state index in [1.54, 1.807) is 27.9 Å². The number of rotatable bonds is 18. The molecule has 4 aromatic carbocycles. The summed E-state index contributed by atoms with van der Waals surface area (Å²) in [5.41, 5.74) is 12.6. The molecule has 3 aliphatic rings. The second kappa shape index (κ2) is 20.5. The average molecular weight is 838 g/mol. The Bertz CT molecular complexity index is 2060. The fraction of sp³-hybridized carbons (Fsp3) is 0.435. The Hall–Kier alpha value is -5.35. The van der Waals surface area contributed by atoms with Crippen LogP contribution < -0.4 is 4.74 Å². The van der Waals surface area contributed by atoms with Gasteiger partial charge in [-0.25, -0.2) is 4.79 Å². The van der Waals surface area contributed by atoms with Crippen LogP contribution in [0.1, 0.15) is 43.0 Å². The summed E-state index contributed by atoms with van der Waals surface area (Å²) >= 11 is 0. The van der Waals surface area contributed by atoms with E-state index in [1.807, 2.05) is 115 Å². The highest BCUT2D eigenvalue weighted by Crippen LogP contribution is 2.39. The first kappa shape index (κ1) is 43.7. The Labute approximate surface area is 354 Å². The van der Waals surface area contributed by atoms with Crippen molar-refractivity contribution >= 4 is 11.9 Å². The summed E-state index contributed by atoms with van der Waals surface area (Å²) in [6.45, 7) is 5.70. The third-order valence-corrected chi connectivity index (χ3v) is 10.5. The van der Waals surface area contributed by atoms with Gasteiger partial charge in [-0.05, 0) is 60.7 Å². The maximum Gasteiger partial charge on any atom is 0.340 e. The largest absolute Gasteiger partial charge is 0.497 e.